The first-order chi connectivity index (χ1) is 9.04. The Balaban J connectivity index is 2.43. The van der Waals surface area contributed by atoms with Gasteiger partial charge < -0.3 is 9.84 Å². The summed E-state index contributed by atoms with van der Waals surface area (Å²) < 4.78 is 41.5. The zero-order valence-corrected chi connectivity index (χ0v) is 11.8. The Labute approximate surface area is 116 Å². The number of rotatable bonds is 2. The lowest BCUT2D eigenvalue weighted by Crippen LogP contribution is -2.31. The van der Waals surface area contributed by atoms with Crippen molar-refractivity contribution in [2.45, 2.75) is 45.6 Å². The minimum atomic E-state index is -4.76. The lowest BCUT2D eigenvalue weighted by molar-refractivity contribution is -0.275. The van der Waals surface area contributed by atoms with E-state index in [9.17, 15) is 18.3 Å². The molecule has 5 heteroatoms. The number of para-hydroxylation sites is 1. The summed E-state index contributed by atoms with van der Waals surface area (Å²) in [5.41, 5.74) is -1.18. The summed E-state index contributed by atoms with van der Waals surface area (Å²) in [6.07, 6.45) is -3.59. The SMILES string of the molecule is CC1CC(C)(C)CC1(O)c1ccccc1OC(F)(F)F. The van der Waals surface area contributed by atoms with E-state index in [0.29, 0.717) is 6.42 Å². The van der Waals surface area contributed by atoms with E-state index in [1.54, 1.807) is 6.07 Å². The van der Waals surface area contributed by atoms with E-state index in [1.807, 2.05) is 20.8 Å². The van der Waals surface area contributed by atoms with Crippen molar-refractivity contribution in [3.05, 3.63) is 29.8 Å². The van der Waals surface area contributed by atoms with E-state index in [0.717, 1.165) is 6.42 Å². The molecule has 0 aromatic heterocycles. The average Bonchev–Trinajstić information content (AvgIpc) is 2.46. The third kappa shape index (κ3) is 2.92. The van der Waals surface area contributed by atoms with Crippen molar-refractivity contribution in [1.82, 2.24) is 0 Å². The number of halogens is 3. The number of benzene rings is 1. The fourth-order valence-electron chi connectivity index (χ4n) is 3.37. The number of hydrogen-bond donors (Lipinski definition) is 1. The van der Waals surface area contributed by atoms with Crippen LogP contribution in [0.25, 0.3) is 0 Å². The third-order valence-electron chi connectivity index (χ3n) is 4.00. The van der Waals surface area contributed by atoms with Crippen LogP contribution in [0.4, 0.5) is 13.2 Å². The van der Waals surface area contributed by atoms with E-state index >= 15 is 0 Å². The van der Waals surface area contributed by atoms with Crippen LogP contribution in [0.3, 0.4) is 0 Å². The molecule has 1 N–H and O–H groups in total. The van der Waals surface area contributed by atoms with Crippen molar-refractivity contribution in [2.75, 3.05) is 0 Å². The first-order valence-corrected chi connectivity index (χ1v) is 6.61. The summed E-state index contributed by atoms with van der Waals surface area (Å²) in [5.74, 6) is -0.442. The number of ether oxygens (including phenoxy) is 1. The highest BCUT2D eigenvalue weighted by Gasteiger charge is 2.50. The molecule has 0 bridgehead atoms. The first-order valence-electron chi connectivity index (χ1n) is 6.61. The summed E-state index contributed by atoms with van der Waals surface area (Å²) in [5, 5.41) is 10.9. The highest BCUT2D eigenvalue weighted by molar-refractivity contribution is 5.39. The summed E-state index contributed by atoms with van der Waals surface area (Å²) >= 11 is 0. The van der Waals surface area contributed by atoms with Gasteiger partial charge in [-0.1, -0.05) is 39.0 Å². The Morgan fingerprint density at radius 2 is 1.85 bits per heavy atom. The largest absolute Gasteiger partial charge is 0.573 e. The molecule has 0 saturated heterocycles. The van der Waals surface area contributed by atoms with Gasteiger partial charge in [0.1, 0.15) is 5.75 Å². The van der Waals surface area contributed by atoms with Crippen molar-refractivity contribution in [3.8, 4) is 5.75 Å². The maximum Gasteiger partial charge on any atom is 0.573 e. The predicted molar refractivity (Wildman–Crippen MR) is 69.2 cm³/mol. The molecule has 2 atom stereocenters. The molecular formula is C15H19F3O2. The molecule has 20 heavy (non-hydrogen) atoms. The molecule has 1 fully saturated rings. The van der Waals surface area contributed by atoms with Gasteiger partial charge in [0.25, 0.3) is 0 Å². The molecule has 1 aliphatic rings. The van der Waals surface area contributed by atoms with Crippen LogP contribution in [0, 0.1) is 11.3 Å². The topological polar surface area (TPSA) is 29.5 Å². The van der Waals surface area contributed by atoms with Gasteiger partial charge in [-0.05, 0) is 30.2 Å². The smallest absolute Gasteiger partial charge is 0.405 e. The number of hydrogen-bond acceptors (Lipinski definition) is 2. The molecule has 0 heterocycles. The van der Waals surface area contributed by atoms with Crippen LogP contribution in [0.1, 0.15) is 39.2 Å². The van der Waals surface area contributed by atoms with Crippen LogP contribution in [0.5, 0.6) is 5.75 Å². The minimum Gasteiger partial charge on any atom is -0.405 e. The molecule has 2 unspecified atom stereocenters. The van der Waals surface area contributed by atoms with Gasteiger partial charge in [0.05, 0.1) is 5.60 Å². The lowest BCUT2D eigenvalue weighted by atomic mass is 9.83. The second-order valence-electron chi connectivity index (χ2n) is 6.41. The standard InChI is InChI=1S/C15H19F3O2/c1-10-8-13(2,3)9-14(10,19)11-6-4-5-7-12(11)20-15(16,17)18/h4-7,10,19H,8-9H2,1-3H3. The van der Waals surface area contributed by atoms with Gasteiger partial charge in [-0.3, -0.25) is 0 Å². The zero-order valence-electron chi connectivity index (χ0n) is 11.8. The molecule has 0 amide bonds. The molecule has 0 radical (unpaired) electrons. The van der Waals surface area contributed by atoms with Gasteiger partial charge in [-0.25, -0.2) is 0 Å². The van der Waals surface area contributed by atoms with Gasteiger partial charge in [0.15, 0.2) is 0 Å². The van der Waals surface area contributed by atoms with Crippen molar-refractivity contribution in [3.63, 3.8) is 0 Å². The van der Waals surface area contributed by atoms with Crippen molar-refractivity contribution in [2.24, 2.45) is 11.3 Å². The highest BCUT2D eigenvalue weighted by Crippen LogP contribution is 2.54. The quantitative estimate of drug-likeness (QED) is 0.882. The van der Waals surface area contributed by atoms with E-state index in [-0.39, 0.29) is 22.6 Å². The monoisotopic (exact) mass is 288 g/mol. The van der Waals surface area contributed by atoms with Crippen molar-refractivity contribution >= 4 is 0 Å². The van der Waals surface area contributed by atoms with E-state index in [2.05, 4.69) is 4.74 Å². The third-order valence-corrected chi connectivity index (χ3v) is 4.00. The molecule has 0 aliphatic heterocycles. The second kappa shape index (κ2) is 4.65. The van der Waals surface area contributed by atoms with Crippen LogP contribution in [0.2, 0.25) is 0 Å². The molecule has 2 nitrogen and oxygen atoms in total. The van der Waals surface area contributed by atoms with E-state index in [1.165, 1.54) is 18.2 Å². The normalized spacial score (nSPS) is 29.4. The van der Waals surface area contributed by atoms with E-state index < -0.39 is 12.0 Å². The number of alkyl halides is 3. The Morgan fingerprint density at radius 1 is 1.25 bits per heavy atom. The Morgan fingerprint density at radius 3 is 2.35 bits per heavy atom. The summed E-state index contributed by atoms with van der Waals surface area (Å²) in [6, 6.07) is 5.85. The zero-order chi connectivity index (χ0) is 15.2. The Hall–Kier alpha value is -1.23. The first kappa shape index (κ1) is 15.2. The van der Waals surface area contributed by atoms with Crippen molar-refractivity contribution < 1.29 is 23.0 Å². The molecule has 2 rings (SSSR count). The second-order valence-corrected chi connectivity index (χ2v) is 6.41. The fourth-order valence-corrected chi connectivity index (χ4v) is 3.37. The van der Waals surface area contributed by atoms with Crippen LogP contribution in [-0.4, -0.2) is 11.5 Å². The van der Waals surface area contributed by atoms with Crippen molar-refractivity contribution in [1.29, 1.82) is 0 Å². The molecule has 1 aromatic carbocycles. The maximum absolute atomic E-state index is 12.5. The molecule has 1 saturated carbocycles. The molecule has 112 valence electrons. The van der Waals surface area contributed by atoms with Crippen LogP contribution in [0.15, 0.2) is 24.3 Å². The fraction of sp³-hybridized carbons (Fsp3) is 0.600. The lowest BCUT2D eigenvalue weighted by Gasteiger charge is -2.31. The minimum absolute atomic E-state index is 0.112. The predicted octanol–water partition coefficient (Wildman–Crippen LogP) is 4.23. The van der Waals surface area contributed by atoms with Gasteiger partial charge in [0, 0.05) is 5.56 Å². The summed E-state index contributed by atoms with van der Waals surface area (Å²) in [4.78, 5) is 0. The summed E-state index contributed by atoms with van der Waals surface area (Å²) in [6.45, 7) is 5.88. The van der Waals surface area contributed by atoms with Gasteiger partial charge >= 0.3 is 6.36 Å². The van der Waals surface area contributed by atoms with E-state index in [4.69, 9.17) is 0 Å². The summed E-state index contributed by atoms with van der Waals surface area (Å²) in [7, 11) is 0. The van der Waals surface area contributed by atoms with Gasteiger partial charge in [-0.2, -0.15) is 0 Å². The molecule has 1 aromatic rings. The average molecular weight is 288 g/mol. The highest BCUT2D eigenvalue weighted by atomic mass is 19.4. The number of aliphatic hydroxyl groups is 1. The molecular weight excluding hydrogens is 269 g/mol. The Kier molecular flexibility index (Phi) is 3.53. The van der Waals surface area contributed by atoms with Crippen LogP contribution >= 0.6 is 0 Å². The molecule has 1 aliphatic carbocycles. The van der Waals surface area contributed by atoms with Crippen LogP contribution < -0.4 is 4.74 Å². The van der Waals surface area contributed by atoms with Gasteiger partial charge in [0.2, 0.25) is 0 Å². The molecule has 0 spiro atoms. The van der Waals surface area contributed by atoms with Crippen LogP contribution in [-0.2, 0) is 5.60 Å². The Bertz CT molecular complexity index is 496. The maximum atomic E-state index is 12.5. The van der Waals surface area contributed by atoms with Gasteiger partial charge in [-0.15, -0.1) is 13.2 Å².